The molecular weight excluding hydrogens is 162 g/mol. The van der Waals surface area contributed by atoms with Crippen LogP contribution in [-0.2, 0) is 0 Å². The summed E-state index contributed by atoms with van der Waals surface area (Å²) in [5, 5.41) is 4.22. The van der Waals surface area contributed by atoms with Crippen molar-refractivity contribution in [3.8, 4) is 0 Å². The average Bonchev–Trinajstić information content (AvgIpc) is 2.63. The number of pyridine rings is 1. The Morgan fingerprint density at radius 1 is 1.46 bits per heavy atom. The van der Waals surface area contributed by atoms with Gasteiger partial charge in [0.15, 0.2) is 0 Å². The summed E-state index contributed by atoms with van der Waals surface area (Å²) in [5.74, 6) is 0. The van der Waals surface area contributed by atoms with E-state index < -0.39 is 0 Å². The van der Waals surface area contributed by atoms with Gasteiger partial charge in [0.25, 0.3) is 0 Å². The average molecular weight is 175 g/mol. The van der Waals surface area contributed by atoms with Crippen LogP contribution in [0.15, 0.2) is 30.5 Å². The molecule has 2 aromatic heterocycles. The summed E-state index contributed by atoms with van der Waals surface area (Å²) < 4.78 is 1.90. The second kappa shape index (κ2) is 3.18. The van der Waals surface area contributed by atoms with E-state index in [9.17, 15) is 0 Å². The highest BCUT2D eigenvalue weighted by molar-refractivity contribution is 5.46. The van der Waals surface area contributed by atoms with Crippen molar-refractivity contribution in [1.82, 2.24) is 9.61 Å². The van der Waals surface area contributed by atoms with E-state index >= 15 is 0 Å². The molecule has 2 N–H and O–H groups in total. The molecule has 0 saturated heterocycles. The molecule has 3 nitrogen and oxygen atoms in total. The van der Waals surface area contributed by atoms with Crippen LogP contribution in [0.1, 0.15) is 25.1 Å². The molecule has 0 amide bonds. The van der Waals surface area contributed by atoms with Gasteiger partial charge in [-0.2, -0.15) is 5.10 Å². The molecule has 13 heavy (non-hydrogen) atoms. The van der Waals surface area contributed by atoms with Gasteiger partial charge in [-0.05, 0) is 24.6 Å². The third-order valence-electron chi connectivity index (χ3n) is 2.27. The van der Waals surface area contributed by atoms with E-state index in [1.807, 2.05) is 28.8 Å². The van der Waals surface area contributed by atoms with Gasteiger partial charge >= 0.3 is 0 Å². The molecule has 0 saturated carbocycles. The molecule has 2 aromatic rings. The topological polar surface area (TPSA) is 43.3 Å². The summed E-state index contributed by atoms with van der Waals surface area (Å²) >= 11 is 0. The second-order valence-corrected chi connectivity index (χ2v) is 3.13. The lowest BCUT2D eigenvalue weighted by Gasteiger charge is -2.10. The van der Waals surface area contributed by atoms with Gasteiger partial charge in [0.1, 0.15) is 0 Å². The smallest absolute Gasteiger partial charge is 0.0665 e. The molecule has 0 spiro atoms. The molecular formula is C10H13N3. The van der Waals surface area contributed by atoms with Crippen LogP contribution in [-0.4, -0.2) is 9.61 Å². The molecule has 0 aliphatic heterocycles. The number of nitrogens with zero attached hydrogens (tertiary/aromatic N) is 2. The van der Waals surface area contributed by atoms with Gasteiger partial charge in [-0.25, -0.2) is 4.52 Å². The third kappa shape index (κ3) is 1.31. The lowest BCUT2D eigenvalue weighted by molar-refractivity contribution is 0.647. The zero-order chi connectivity index (χ0) is 9.26. The van der Waals surface area contributed by atoms with Crippen LogP contribution < -0.4 is 5.73 Å². The highest BCUT2D eigenvalue weighted by Gasteiger charge is 2.07. The minimum absolute atomic E-state index is 0.0728. The monoisotopic (exact) mass is 175 g/mol. The van der Waals surface area contributed by atoms with Crippen LogP contribution in [0.3, 0.4) is 0 Å². The molecule has 68 valence electrons. The minimum Gasteiger partial charge on any atom is -0.323 e. The van der Waals surface area contributed by atoms with Crippen molar-refractivity contribution in [2.75, 3.05) is 0 Å². The largest absolute Gasteiger partial charge is 0.323 e. The number of hydrogen-bond acceptors (Lipinski definition) is 2. The van der Waals surface area contributed by atoms with Crippen LogP contribution in [0.25, 0.3) is 5.52 Å². The summed E-state index contributed by atoms with van der Waals surface area (Å²) in [4.78, 5) is 0. The summed E-state index contributed by atoms with van der Waals surface area (Å²) in [6.45, 7) is 2.08. The Morgan fingerprint density at radius 2 is 2.31 bits per heavy atom. The molecule has 1 atom stereocenters. The van der Waals surface area contributed by atoms with Gasteiger partial charge in [0, 0.05) is 12.2 Å². The zero-order valence-corrected chi connectivity index (χ0v) is 7.64. The quantitative estimate of drug-likeness (QED) is 0.755. The Hall–Kier alpha value is -1.35. The summed E-state index contributed by atoms with van der Waals surface area (Å²) in [5.41, 5.74) is 8.13. The van der Waals surface area contributed by atoms with Gasteiger partial charge in [-0.1, -0.05) is 13.0 Å². The predicted octanol–water partition coefficient (Wildman–Crippen LogP) is 1.74. The van der Waals surface area contributed by atoms with Crippen molar-refractivity contribution in [3.05, 3.63) is 36.2 Å². The van der Waals surface area contributed by atoms with Crippen LogP contribution in [0, 0.1) is 0 Å². The molecule has 3 heteroatoms. The summed E-state index contributed by atoms with van der Waals surface area (Å²) in [6, 6.07) is 8.12. The van der Waals surface area contributed by atoms with Crippen LogP contribution in [0.2, 0.25) is 0 Å². The Balaban J connectivity index is 2.60. The van der Waals surface area contributed by atoms with Crippen molar-refractivity contribution in [3.63, 3.8) is 0 Å². The van der Waals surface area contributed by atoms with E-state index in [0.717, 1.165) is 17.6 Å². The lowest BCUT2D eigenvalue weighted by atomic mass is 10.1. The van der Waals surface area contributed by atoms with Crippen molar-refractivity contribution in [2.45, 2.75) is 19.4 Å². The number of aromatic nitrogens is 2. The van der Waals surface area contributed by atoms with Gasteiger partial charge in [-0.3, -0.25) is 0 Å². The molecule has 0 aliphatic carbocycles. The van der Waals surface area contributed by atoms with E-state index in [-0.39, 0.29) is 6.04 Å². The Bertz CT molecular complexity index is 405. The SMILES string of the molecule is CC[C@@H](N)c1cccc2ccnn12. The highest BCUT2D eigenvalue weighted by atomic mass is 15.2. The number of rotatable bonds is 2. The van der Waals surface area contributed by atoms with Gasteiger partial charge in [0.2, 0.25) is 0 Å². The van der Waals surface area contributed by atoms with E-state index in [4.69, 9.17) is 5.73 Å². The van der Waals surface area contributed by atoms with Crippen molar-refractivity contribution >= 4 is 5.52 Å². The molecule has 2 heterocycles. The third-order valence-corrected chi connectivity index (χ3v) is 2.27. The first kappa shape index (κ1) is 8.26. The Labute approximate surface area is 77.2 Å². The molecule has 2 rings (SSSR count). The molecule has 0 unspecified atom stereocenters. The highest BCUT2D eigenvalue weighted by Crippen LogP contribution is 2.14. The molecule has 0 aromatic carbocycles. The van der Waals surface area contributed by atoms with E-state index in [2.05, 4.69) is 12.0 Å². The number of nitrogens with two attached hydrogens (primary N) is 1. The van der Waals surface area contributed by atoms with E-state index in [1.54, 1.807) is 6.20 Å². The number of hydrogen-bond donors (Lipinski definition) is 1. The maximum atomic E-state index is 5.96. The fraction of sp³-hybridized carbons (Fsp3) is 0.300. The normalized spacial score (nSPS) is 13.4. The van der Waals surface area contributed by atoms with Gasteiger partial charge in [-0.15, -0.1) is 0 Å². The molecule has 0 radical (unpaired) electrons. The zero-order valence-electron chi connectivity index (χ0n) is 7.64. The first-order valence-electron chi connectivity index (χ1n) is 4.51. The Morgan fingerprint density at radius 3 is 3.08 bits per heavy atom. The fourth-order valence-electron chi connectivity index (χ4n) is 1.46. The number of fused-ring (bicyclic) bond motifs is 1. The Kier molecular flexibility index (Phi) is 2.02. The van der Waals surface area contributed by atoms with E-state index in [1.165, 1.54) is 0 Å². The first-order valence-corrected chi connectivity index (χ1v) is 4.51. The maximum absolute atomic E-state index is 5.96. The van der Waals surface area contributed by atoms with Crippen molar-refractivity contribution < 1.29 is 0 Å². The van der Waals surface area contributed by atoms with Gasteiger partial charge in [0.05, 0.1) is 11.2 Å². The molecule has 0 fully saturated rings. The predicted molar refractivity (Wildman–Crippen MR) is 52.4 cm³/mol. The summed E-state index contributed by atoms with van der Waals surface area (Å²) in [7, 11) is 0. The maximum Gasteiger partial charge on any atom is 0.0665 e. The van der Waals surface area contributed by atoms with Crippen LogP contribution in [0.5, 0.6) is 0 Å². The van der Waals surface area contributed by atoms with Crippen LogP contribution >= 0.6 is 0 Å². The lowest BCUT2D eigenvalue weighted by Crippen LogP contribution is -2.13. The van der Waals surface area contributed by atoms with E-state index in [0.29, 0.717) is 0 Å². The van der Waals surface area contributed by atoms with Crippen molar-refractivity contribution in [1.29, 1.82) is 0 Å². The van der Waals surface area contributed by atoms with Crippen molar-refractivity contribution in [2.24, 2.45) is 5.73 Å². The molecule has 0 bridgehead atoms. The second-order valence-electron chi connectivity index (χ2n) is 3.13. The minimum atomic E-state index is 0.0728. The fourth-order valence-corrected chi connectivity index (χ4v) is 1.46. The standard InChI is InChI=1S/C10H13N3/c1-2-9(11)10-5-3-4-8-6-7-12-13(8)10/h3-7,9H,2,11H2,1H3/t9-/m1/s1. The van der Waals surface area contributed by atoms with Gasteiger partial charge < -0.3 is 5.73 Å². The summed E-state index contributed by atoms with van der Waals surface area (Å²) in [6.07, 6.45) is 2.72. The first-order chi connectivity index (χ1) is 6.33. The van der Waals surface area contributed by atoms with Crippen LogP contribution in [0.4, 0.5) is 0 Å². The molecule has 0 aliphatic rings.